The lowest BCUT2D eigenvalue weighted by atomic mass is 10.0. The van der Waals surface area contributed by atoms with Crippen molar-refractivity contribution < 1.29 is 9.53 Å². The van der Waals surface area contributed by atoms with Crippen LogP contribution in [0.1, 0.15) is 33.1 Å². The third-order valence-corrected chi connectivity index (χ3v) is 5.02. The molecule has 1 unspecified atom stereocenters. The van der Waals surface area contributed by atoms with Crippen molar-refractivity contribution in [3.05, 3.63) is 0 Å². The van der Waals surface area contributed by atoms with Crippen molar-refractivity contribution in [3.63, 3.8) is 0 Å². The summed E-state index contributed by atoms with van der Waals surface area (Å²) in [6, 6.07) is 0.416. The van der Waals surface area contributed by atoms with Crippen LogP contribution in [0.4, 0.5) is 0 Å². The van der Waals surface area contributed by atoms with Crippen LogP contribution in [-0.2, 0) is 9.53 Å². The number of ether oxygens (including phenoxy) is 1. The van der Waals surface area contributed by atoms with E-state index in [0.29, 0.717) is 17.9 Å². The molecule has 2 aliphatic rings. The third-order valence-electron chi connectivity index (χ3n) is 5.02. The lowest BCUT2D eigenvalue weighted by molar-refractivity contribution is -0.127. The molecule has 0 aromatic carbocycles. The van der Waals surface area contributed by atoms with Gasteiger partial charge < -0.3 is 25.2 Å². The third kappa shape index (κ3) is 9.43. The summed E-state index contributed by atoms with van der Waals surface area (Å²) < 4.78 is 5.49. The Hall–Kier alpha value is -0.610. The number of carbonyl (C=O) groups excluding carboxylic acids is 1. The van der Waals surface area contributed by atoms with Crippen LogP contribution < -0.4 is 10.6 Å². The Morgan fingerprint density at radius 1 is 1.26 bits per heavy atom. The molecule has 2 rings (SSSR count). The zero-order valence-electron chi connectivity index (χ0n) is 17.4. The molecule has 8 heteroatoms. The van der Waals surface area contributed by atoms with Crippen LogP contribution in [0.3, 0.4) is 0 Å². The summed E-state index contributed by atoms with van der Waals surface area (Å²) in [5.41, 5.74) is 0. The molecule has 2 fully saturated rings. The summed E-state index contributed by atoms with van der Waals surface area (Å²) in [5, 5.41) is 6.91. The molecule has 2 heterocycles. The van der Waals surface area contributed by atoms with E-state index in [2.05, 4.69) is 34.4 Å². The average molecular weight is 495 g/mol. The Balaban J connectivity index is 0.00000364. The fourth-order valence-corrected chi connectivity index (χ4v) is 3.29. The van der Waals surface area contributed by atoms with Crippen LogP contribution in [0.5, 0.6) is 0 Å². The molecule has 2 N–H and O–H groups in total. The first kappa shape index (κ1) is 24.4. The summed E-state index contributed by atoms with van der Waals surface area (Å²) in [6.45, 7) is 10.6. The van der Waals surface area contributed by atoms with Crippen molar-refractivity contribution in [1.82, 2.24) is 20.4 Å². The number of hydrogen-bond donors (Lipinski definition) is 2. The van der Waals surface area contributed by atoms with Gasteiger partial charge in [-0.3, -0.25) is 4.79 Å². The quantitative estimate of drug-likeness (QED) is 0.318. The minimum atomic E-state index is 0. The monoisotopic (exact) mass is 495 g/mol. The number of likely N-dealkylation sites (N-methyl/N-ethyl adjacent to an activating group) is 1. The Kier molecular flexibility index (Phi) is 11.6. The number of halogens is 1. The molecule has 2 saturated heterocycles. The molecular weight excluding hydrogens is 457 g/mol. The highest BCUT2D eigenvalue weighted by Gasteiger charge is 2.24. The van der Waals surface area contributed by atoms with Gasteiger partial charge in [0, 0.05) is 52.9 Å². The molecule has 27 heavy (non-hydrogen) atoms. The average Bonchev–Trinajstić information content (AvgIpc) is 3.11. The zero-order chi connectivity index (χ0) is 18.9. The molecule has 0 saturated carbocycles. The van der Waals surface area contributed by atoms with E-state index in [4.69, 9.17) is 4.74 Å². The smallest absolute Gasteiger partial charge is 0.243 e. The SMILES string of the molecule is CC(C)CNC(=NCC(=O)N(C)C)NC1CCN(CC2CCOC2)CC1.I. The predicted octanol–water partition coefficient (Wildman–Crippen LogP) is 1.38. The number of nitrogens with one attached hydrogen (secondary N) is 2. The van der Waals surface area contributed by atoms with Crippen molar-refractivity contribution in [2.24, 2.45) is 16.8 Å². The first-order valence-electron chi connectivity index (χ1n) is 9.99. The van der Waals surface area contributed by atoms with E-state index < -0.39 is 0 Å². The molecule has 1 atom stereocenters. The van der Waals surface area contributed by atoms with Crippen LogP contribution >= 0.6 is 24.0 Å². The van der Waals surface area contributed by atoms with Crippen LogP contribution in [0, 0.1) is 11.8 Å². The molecule has 0 spiro atoms. The van der Waals surface area contributed by atoms with Crippen LogP contribution in [0.2, 0.25) is 0 Å². The molecule has 2 aliphatic heterocycles. The van der Waals surface area contributed by atoms with Gasteiger partial charge in [0.05, 0.1) is 6.61 Å². The highest BCUT2D eigenvalue weighted by Crippen LogP contribution is 2.17. The molecular formula is C19H38IN5O2. The van der Waals surface area contributed by atoms with Gasteiger partial charge in [-0.25, -0.2) is 4.99 Å². The summed E-state index contributed by atoms with van der Waals surface area (Å²) in [7, 11) is 3.52. The van der Waals surface area contributed by atoms with Crippen LogP contribution in [0.25, 0.3) is 0 Å². The van der Waals surface area contributed by atoms with Gasteiger partial charge in [0.2, 0.25) is 5.91 Å². The fraction of sp³-hybridized carbons (Fsp3) is 0.895. The van der Waals surface area contributed by atoms with E-state index >= 15 is 0 Å². The second kappa shape index (κ2) is 12.8. The van der Waals surface area contributed by atoms with Gasteiger partial charge >= 0.3 is 0 Å². The number of likely N-dealkylation sites (tertiary alicyclic amines) is 1. The summed E-state index contributed by atoms with van der Waals surface area (Å²) in [5.74, 6) is 2.02. The van der Waals surface area contributed by atoms with Gasteiger partial charge in [-0.15, -0.1) is 24.0 Å². The van der Waals surface area contributed by atoms with Crippen molar-refractivity contribution in [2.45, 2.75) is 39.2 Å². The van der Waals surface area contributed by atoms with Gasteiger partial charge in [0.15, 0.2) is 5.96 Å². The predicted molar refractivity (Wildman–Crippen MR) is 121 cm³/mol. The number of rotatable bonds is 7. The molecule has 0 aromatic heterocycles. The number of carbonyl (C=O) groups is 1. The zero-order valence-corrected chi connectivity index (χ0v) is 19.7. The number of piperidine rings is 1. The fourth-order valence-electron chi connectivity index (χ4n) is 3.29. The lowest BCUT2D eigenvalue weighted by Gasteiger charge is -2.34. The Morgan fingerprint density at radius 3 is 2.52 bits per heavy atom. The topological polar surface area (TPSA) is 69.2 Å². The van der Waals surface area contributed by atoms with Crippen molar-refractivity contribution in [2.75, 3.05) is 60.0 Å². The number of nitrogens with zero attached hydrogens (tertiary/aromatic N) is 3. The number of hydrogen-bond acceptors (Lipinski definition) is 4. The van der Waals surface area contributed by atoms with E-state index in [1.165, 1.54) is 6.42 Å². The van der Waals surface area contributed by atoms with E-state index in [-0.39, 0.29) is 36.4 Å². The molecule has 0 radical (unpaired) electrons. The van der Waals surface area contributed by atoms with Crippen molar-refractivity contribution >= 4 is 35.8 Å². The first-order valence-corrected chi connectivity index (χ1v) is 9.99. The minimum Gasteiger partial charge on any atom is -0.381 e. The molecule has 0 bridgehead atoms. The highest BCUT2D eigenvalue weighted by atomic mass is 127. The lowest BCUT2D eigenvalue weighted by Crippen LogP contribution is -2.50. The first-order chi connectivity index (χ1) is 12.4. The number of amides is 1. The Morgan fingerprint density at radius 2 is 1.96 bits per heavy atom. The molecule has 158 valence electrons. The maximum absolute atomic E-state index is 11.8. The van der Waals surface area contributed by atoms with Gasteiger partial charge in [0.25, 0.3) is 0 Å². The molecule has 7 nitrogen and oxygen atoms in total. The van der Waals surface area contributed by atoms with Crippen LogP contribution in [-0.4, -0.2) is 87.7 Å². The number of aliphatic imine (C=N–C) groups is 1. The second-order valence-corrected chi connectivity index (χ2v) is 8.18. The highest BCUT2D eigenvalue weighted by molar-refractivity contribution is 14.0. The Bertz CT molecular complexity index is 459. The maximum atomic E-state index is 11.8. The van der Waals surface area contributed by atoms with E-state index in [1.54, 1.807) is 19.0 Å². The van der Waals surface area contributed by atoms with Crippen molar-refractivity contribution in [3.8, 4) is 0 Å². The van der Waals surface area contributed by atoms with Gasteiger partial charge in [-0.1, -0.05) is 13.8 Å². The van der Waals surface area contributed by atoms with E-state index in [0.717, 1.165) is 58.2 Å². The largest absolute Gasteiger partial charge is 0.381 e. The van der Waals surface area contributed by atoms with Gasteiger partial charge in [-0.2, -0.15) is 0 Å². The second-order valence-electron chi connectivity index (χ2n) is 8.18. The molecule has 0 aromatic rings. The normalized spacial score (nSPS) is 21.8. The molecule has 1 amide bonds. The van der Waals surface area contributed by atoms with Gasteiger partial charge in [0.1, 0.15) is 6.54 Å². The minimum absolute atomic E-state index is 0. The van der Waals surface area contributed by atoms with E-state index in [1.807, 2.05) is 0 Å². The summed E-state index contributed by atoms with van der Waals surface area (Å²) in [4.78, 5) is 20.5. The number of guanidine groups is 1. The standard InChI is InChI=1S/C19H37N5O2.HI/c1-15(2)11-20-19(21-12-18(25)23(3)4)22-17-5-8-24(9-6-17)13-16-7-10-26-14-16;/h15-17H,5-14H2,1-4H3,(H2,20,21,22);1H. The summed E-state index contributed by atoms with van der Waals surface area (Å²) in [6.07, 6.45) is 3.42. The van der Waals surface area contributed by atoms with Crippen molar-refractivity contribution in [1.29, 1.82) is 0 Å². The molecule has 0 aliphatic carbocycles. The summed E-state index contributed by atoms with van der Waals surface area (Å²) >= 11 is 0. The van der Waals surface area contributed by atoms with Gasteiger partial charge in [-0.05, 0) is 31.1 Å². The van der Waals surface area contributed by atoms with Crippen LogP contribution in [0.15, 0.2) is 4.99 Å². The van der Waals surface area contributed by atoms with E-state index in [9.17, 15) is 4.79 Å². The Labute approximate surface area is 181 Å². The maximum Gasteiger partial charge on any atom is 0.243 e.